The van der Waals surface area contributed by atoms with Gasteiger partial charge in [0.15, 0.2) is 0 Å². The molecule has 1 aliphatic heterocycles. The number of hydrogen-bond donors (Lipinski definition) is 1. The SMILES string of the molecule is CC1(C)OC/C(=C\C#CCO)O1. The van der Waals surface area contributed by atoms with Crippen LogP contribution in [-0.2, 0) is 9.47 Å². The van der Waals surface area contributed by atoms with Crippen molar-refractivity contribution in [3.63, 3.8) is 0 Å². The molecule has 1 rings (SSSR count). The summed E-state index contributed by atoms with van der Waals surface area (Å²) in [5.41, 5.74) is 0. The van der Waals surface area contributed by atoms with Crippen LogP contribution in [0.25, 0.3) is 0 Å². The normalized spacial score (nSPS) is 23.1. The molecule has 0 spiro atoms. The number of rotatable bonds is 0. The number of aliphatic hydroxyl groups is 1. The highest BCUT2D eigenvalue weighted by molar-refractivity contribution is 5.19. The Labute approximate surface area is 72.0 Å². The third-order valence-corrected chi connectivity index (χ3v) is 1.35. The molecule has 1 saturated heterocycles. The second kappa shape index (κ2) is 3.61. The average molecular weight is 168 g/mol. The van der Waals surface area contributed by atoms with Gasteiger partial charge in [-0.15, -0.1) is 0 Å². The van der Waals surface area contributed by atoms with Crippen molar-refractivity contribution in [1.29, 1.82) is 0 Å². The summed E-state index contributed by atoms with van der Waals surface area (Å²) in [6.45, 7) is 4.00. The number of aliphatic hydroxyl groups excluding tert-OH is 1. The predicted octanol–water partition coefficient (Wildman–Crippen LogP) is 0.649. The van der Waals surface area contributed by atoms with E-state index >= 15 is 0 Å². The van der Waals surface area contributed by atoms with Gasteiger partial charge in [0, 0.05) is 19.9 Å². The van der Waals surface area contributed by atoms with E-state index in [4.69, 9.17) is 14.6 Å². The molecule has 66 valence electrons. The van der Waals surface area contributed by atoms with Gasteiger partial charge in [0.05, 0.1) is 0 Å². The molecule has 0 aromatic heterocycles. The van der Waals surface area contributed by atoms with Crippen LogP contribution in [0.15, 0.2) is 11.8 Å². The van der Waals surface area contributed by atoms with E-state index in [0.29, 0.717) is 12.4 Å². The molecular formula is C9H12O3. The summed E-state index contributed by atoms with van der Waals surface area (Å²) in [4.78, 5) is 0. The van der Waals surface area contributed by atoms with E-state index in [2.05, 4.69) is 11.8 Å². The largest absolute Gasteiger partial charge is 0.464 e. The molecule has 1 fully saturated rings. The van der Waals surface area contributed by atoms with Crippen molar-refractivity contribution in [2.75, 3.05) is 13.2 Å². The summed E-state index contributed by atoms with van der Waals surface area (Å²) in [6, 6.07) is 0. The smallest absolute Gasteiger partial charge is 0.204 e. The molecule has 3 nitrogen and oxygen atoms in total. The van der Waals surface area contributed by atoms with Crippen molar-refractivity contribution in [3.05, 3.63) is 11.8 Å². The minimum atomic E-state index is -0.535. The molecule has 0 aliphatic carbocycles. The van der Waals surface area contributed by atoms with Gasteiger partial charge in [-0.05, 0) is 0 Å². The van der Waals surface area contributed by atoms with Crippen molar-refractivity contribution in [2.45, 2.75) is 19.6 Å². The van der Waals surface area contributed by atoms with Crippen LogP contribution in [0, 0.1) is 11.8 Å². The van der Waals surface area contributed by atoms with Crippen molar-refractivity contribution >= 4 is 0 Å². The highest BCUT2D eigenvalue weighted by Gasteiger charge is 2.28. The van der Waals surface area contributed by atoms with E-state index in [1.807, 2.05) is 13.8 Å². The zero-order chi connectivity index (χ0) is 9.03. The first-order valence-electron chi connectivity index (χ1n) is 3.75. The van der Waals surface area contributed by atoms with E-state index < -0.39 is 5.79 Å². The molecule has 1 aliphatic rings. The maximum absolute atomic E-state index is 8.37. The molecule has 1 heterocycles. The Morgan fingerprint density at radius 2 is 2.42 bits per heavy atom. The standard InChI is InChI=1S/C9H12O3/c1-9(2)11-7-8(12-9)5-3-4-6-10/h5,10H,6-7H2,1-2H3/b8-5+. The lowest BCUT2D eigenvalue weighted by molar-refractivity contribution is -0.116. The fourth-order valence-electron chi connectivity index (χ4n) is 0.868. The van der Waals surface area contributed by atoms with Gasteiger partial charge in [-0.2, -0.15) is 0 Å². The Morgan fingerprint density at radius 3 is 2.92 bits per heavy atom. The highest BCUT2D eigenvalue weighted by atomic mass is 16.7. The quantitative estimate of drug-likeness (QED) is 0.540. The van der Waals surface area contributed by atoms with Crippen molar-refractivity contribution < 1.29 is 14.6 Å². The van der Waals surface area contributed by atoms with Crippen LogP contribution in [-0.4, -0.2) is 24.1 Å². The maximum Gasteiger partial charge on any atom is 0.204 e. The topological polar surface area (TPSA) is 38.7 Å². The third-order valence-electron chi connectivity index (χ3n) is 1.35. The summed E-state index contributed by atoms with van der Waals surface area (Å²) < 4.78 is 10.6. The monoisotopic (exact) mass is 168 g/mol. The van der Waals surface area contributed by atoms with E-state index in [0.717, 1.165) is 0 Å². The first kappa shape index (κ1) is 9.11. The second-order valence-corrected chi connectivity index (χ2v) is 2.88. The van der Waals surface area contributed by atoms with Crippen molar-refractivity contribution in [2.24, 2.45) is 0 Å². The third kappa shape index (κ3) is 2.57. The Morgan fingerprint density at radius 1 is 1.67 bits per heavy atom. The van der Waals surface area contributed by atoms with E-state index in [1.165, 1.54) is 0 Å². The Hall–Kier alpha value is -0.980. The fourth-order valence-corrected chi connectivity index (χ4v) is 0.868. The summed E-state index contributed by atoms with van der Waals surface area (Å²) in [5, 5.41) is 8.37. The highest BCUT2D eigenvalue weighted by Crippen LogP contribution is 2.24. The fraction of sp³-hybridized carbons (Fsp3) is 0.556. The molecular weight excluding hydrogens is 156 g/mol. The lowest BCUT2D eigenvalue weighted by Crippen LogP contribution is -2.18. The number of hydrogen-bond acceptors (Lipinski definition) is 3. The van der Waals surface area contributed by atoms with Crippen molar-refractivity contribution in [1.82, 2.24) is 0 Å². The Kier molecular flexibility index (Phi) is 2.74. The first-order valence-corrected chi connectivity index (χ1v) is 3.75. The summed E-state index contributed by atoms with van der Waals surface area (Å²) in [6.07, 6.45) is 1.62. The second-order valence-electron chi connectivity index (χ2n) is 2.88. The van der Waals surface area contributed by atoms with Crippen LogP contribution in [0.4, 0.5) is 0 Å². The summed E-state index contributed by atoms with van der Waals surface area (Å²) in [5.74, 6) is 5.32. The van der Waals surface area contributed by atoms with Crippen LogP contribution in [0.1, 0.15) is 13.8 Å². The van der Waals surface area contributed by atoms with Gasteiger partial charge < -0.3 is 14.6 Å². The molecule has 3 heteroatoms. The summed E-state index contributed by atoms with van der Waals surface area (Å²) in [7, 11) is 0. The Balaban J connectivity index is 2.52. The molecule has 0 aromatic rings. The van der Waals surface area contributed by atoms with E-state index in [1.54, 1.807) is 6.08 Å². The molecule has 0 unspecified atom stereocenters. The zero-order valence-corrected chi connectivity index (χ0v) is 7.26. The van der Waals surface area contributed by atoms with Gasteiger partial charge in [0.25, 0.3) is 0 Å². The first-order chi connectivity index (χ1) is 5.64. The van der Waals surface area contributed by atoms with Crippen LogP contribution in [0.5, 0.6) is 0 Å². The van der Waals surface area contributed by atoms with Gasteiger partial charge in [0.1, 0.15) is 19.0 Å². The number of allylic oxidation sites excluding steroid dienone is 1. The molecule has 0 amide bonds. The van der Waals surface area contributed by atoms with Crippen LogP contribution >= 0.6 is 0 Å². The molecule has 0 atom stereocenters. The molecule has 0 radical (unpaired) electrons. The predicted molar refractivity (Wildman–Crippen MR) is 44.1 cm³/mol. The molecule has 0 aromatic carbocycles. The van der Waals surface area contributed by atoms with Gasteiger partial charge in [-0.3, -0.25) is 0 Å². The summed E-state index contributed by atoms with van der Waals surface area (Å²) >= 11 is 0. The van der Waals surface area contributed by atoms with Crippen LogP contribution in [0.2, 0.25) is 0 Å². The molecule has 0 bridgehead atoms. The zero-order valence-electron chi connectivity index (χ0n) is 7.26. The van der Waals surface area contributed by atoms with Gasteiger partial charge in [0.2, 0.25) is 5.79 Å². The number of ether oxygens (including phenoxy) is 2. The lowest BCUT2D eigenvalue weighted by atomic mass is 10.4. The van der Waals surface area contributed by atoms with E-state index in [-0.39, 0.29) is 6.61 Å². The Bertz CT molecular complexity index is 242. The minimum absolute atomic E-state index is 0.131. The molecule has 1 N–H and O–H groups in total. The minimum Gasteiger partial charge on any atom is -0.464 e. The lowest BCUT2D eigenvalue weighted by Gasteiger charge is -2.14. The van der Waals surface area contributed by atoms with Crippen LogP contribution < -0.4 is 0 Å². The average Bonchev–Trinajstić information content (AvgIpc) is 2.31. The van der Waals surface area contributed by atoms with Crippen LogP contribution in [0.3, 0.4) is 0 Å². The molecule has 0 saturated carbocycles. The van der Waals surface area contributed by atoms with Crippen molar-refractivity contribution in [3.8, 4) is 11.8 Å². The van der Waals surface area contributed by atoms with Gasteiger partial charge in [-0.25, -0.2) is 0 Å². The maximum atomic E-state index is 8.37. The van der Waals surface area contributed by atoms with E-state index in [9.17, 15) is 0 Å². The van der Waals surface area contributed by atoms with Gasteiger partial charge >= 0.3 is 0 Å². The molecule has 12 heavy (non-hydrogen) atoms. The van der Waals surface area contributed by atoms with Gasteiger partial charge in [-0.1, -0.05) is 11.8 Å².